The van der Waals surface area contributed by atoms with Crippen LogP contribution in [-0.2, 0) is 24.2 Å². The normalized spacial score (nSPS) is 11.1. The standard InChI is InChI=1S/C13H22N2O/c1-5-11-8-12(15(6-2)14-11)9-13(16)7-10(3)4/h8,10H,5-7,9H2,1-4H3. The van der Waals surface area contributed by atoms with Gasteiger partial charge in [-0.25, -0.2) is 0 Å². The van der Waals surface area contributed by atoms with Gasteiger partial charge >= 0.3 is 0 Å². The summed E-state index contributed by atoms with van der Waals surface area (Å²) in [6, 6.07) is 2.06. The quantitative estimate of drug-likeness (QED) is 0.741. The molecule has 0 amide bonds. The van der Waals surface area contributed by atoms with Crippen LogP contribution in [0, 0.1) is 5.92 Å². The smallest absolute Gasteiger partial charge is 0.139 e. The number of hydrogen-bond acceptors (Lipinski definition) is 2. The average molecular weight is 222 g/mol. The fourth-order valence-corrected chi connectivity index (χ4v) is 1.83. The van der Waals surface area contributed by atoms with Crippen LogP contribution in [0.5, 0.6) is 0 Å². The molecule has 1 aromatic rings. The molecule has 0 saturated carbocycles. The monoisotopic (exact) mass is 222 g/mol. The SMILES string of the molecule is CCc1cc(CC(=O)CC(C)C)n(CC)n1. The summed E-state index contributed by atoms with van der Waals surface area (Å²) in [6.07, 6.45) is 2.12. The topological polar surface area (TPSA) is 34.9 Å². The maximum absolute atomic E-state index is 11.7. The molecule has 0 unspecified atom stereocenters. The first-order chi connectivity index (χ1) is 7.56. The third-order valence-corrected chi connectivity index (χ3v) is 2.59. The Morgan fingerprint density at radius 3 is 2.62 bits per heavy atom. The van der Waals surface area contributed by atoms with Gasteiger partial charge in [0.05, 0.1) is 5.69 Å². The Kier molecular flexibility index (Phi) is 4.71. The molecule has 1 rings (SSSR count). The van der Waals surface area contributed by atoms with Crippen molar-refractivity contribution in [3.05, 3.63) is 17.5 Å². The molecule has 0 atom stereocenters. The molecule has 0 aromatic carbocycles. The van der Waals surface area contributed by atoms with Crippen LogP contribution < -0.4 is 0 Å². The summed E-state index contributed by atoms with van der Waals surface area (Å²) in [7, 11) is 0. The van der Waals surface area contributed by atoms with E-state index in [1.54, 1.807) is 0 Å². The van der Waals surface area contributed by atoms with Crippen molar-refractivity contribution in [2.75, 3.05) is 0 Å². The van der Waals surface area contributed by atoms with Gasteiger partial charge in [0.1, 0.15) is 5.78 Å². The summed E-state index contributed by atoms with van der Waals surface area (Å²) in [4.78, 5) is 11.7. The Balaban J connectivity index is 2.71. The van der Waals surface area contributed by atoms with Crippen molar-refractivity contribution < 1.29 is 4.79 Å². The fourth-order valence-electron chi connectivity index (χ4n) is 1.83. The molecule has 0 radical (unpaired) electrons. The van der Waals surface area contributed by atoms with E-state index in [9.17, 15) is 4.79 Å². The summed E-state index contributed by atoms with van der Waals surface area (Å²) in [5.74, 6) is 0.753. The summed E-state index contributed by atoms with van der Waals surface area (Å²) < 4.78 is 1.94. The van der Waals surface area contributed by atoms with Gasteiger partial charge in [0.15, 0.2) is 0 Å². The molecule has 0 bridgehead atoms. The van der Waals surface area contributed by atoms with Gasteiger partial charge in [-0.1, -0.05) is 20.8 Å². The number of nitrogens with zero attached hydrogens (tertiary/aromatic N) is 2. The summed E-state index contributed by atoms with van der Waals surface area (Å²) in [6.45, 7) is 9.13. The minimum absolute atomic E-state index is 0.312. The minimum Gasteiger partial charge on any atom is -0.299 e. The van der Waals surface area contributed by atoms with Gasteiger partial charge in [0, 0.05) is 25.1 Å². The van der Waals surface area contributed by atoms with Crippen LogP contribution in [0.2, 0.25) is 0 Å². The van der Waals surface area contributed by atoms with Crippen LogP contribution in [-0.4, -0.2) is 15.6 Å². The molecule has 0 fully saturated rings. The first kappa shape index (κ1) is 12.9. The number of aryl methyl sites for hydroxylation is 2. The highest BCUT2D eigenvalue weighted by Gasteiger charge is 2.11. The molecule has 1 heterocycles. The molecule has 0 aliphatic heterocycles. The first-order valence-electron chi connectivity index (χ1n) is 6.14. The van der Waals surface area contributed by atoms with Gasteiger partial charge in [0.2, 0.25) is 0 Å². The van der Waals surface area contributed by atoms with E-state index in [2.05, 4.69) is 38.9 Å². The van der Waals surface area contributed by atoms with E-state index in [0.29, 0.717) is 24.5 Å². The van der Waals surface area contributed by atoms with E-state index < -0.39 is 0 Å². The fraction of sp³-hybridized carbons (Fsp3) is 0.692. The van der Waals surface area contributed by atoms with Gasteiger partial charge < -0.3 is 0 Å². The lowest BCUT2D eigenvalue weighted by atomic mass is 10.0. The van der Waals surface area contributed by atoms with Crippen molar-refractivity contribution in [3.8, 4) is 0 Å². The van der Waals surface area contributed by atoms with Gasteiger partial charge in [-0.15, -0.1) is 0 Å². The highest BCUT2D eigenvalue weighted by Crippen LogP contribution is 2.10. The van der Waals surface area contributed by atoms with E-state index in [4.69, 9.17) is 0 Å². The number of rotatable bonds is 6. The van der Waals surface area contributed by atoms with E-state index in [1.807, 2.05) is 4.68 Å². The van der Waals surface area contributed by atoms with Crippen LogP contribution in [0.25, 0.3) is 0 Å². The molecule has 16 heavy (non-hydrogen) atoms. The number of carbonyl (C=O) groups excluding carboxylic acids is 1. The van der Waals surface area contributed by atoms with Gasteiger partial charge in [0.25, 0.3) is 0 Å². The van der Waals surface area contributed by atoms with E-state index >= 15 is 0 Å². The van der Waals surface area contributed by atoms with Crippen molar-refractivity contribution >= 4 is 5.78 Å². The van der Waals surface area contributed by atoms with Crippen LogP contribution in [0.15, 0.2) is 6.07 Å². The number of hydrogen-bond donors (Lipinski definition) is 0. The predicted octanol–water partition coefficient (Wildman–Crippen LogP) is 2.62. The third kappa shape index (κ3) is 3.47. The molecular formula is C13H22N2O. The minimum atomic E-state index is 0.312. The second-order valence-corrected chi connectivity index (χ2v) is 4.61. The van der Waals surface area contributed by atoms with Crippen molar-refractivity contribution in [2.45, 2.75) is 53.5 Å². The number of aromatic nitrogens is 2. The highest BCUT2D eigenvalue weighted by atomic mass is 16.1. The maximum atomic E-state index is 11.7. The lowest BCUT2D eigenvalue weighted by Gasteiger charge is -2.05. The maximum Gasteiger partial charge on any atom is 0.139 e. The summed E-state index contributed by atoms with van der Waals surface area (Å²) >= 11 is 0. The molecule has 0 saturated heterocycles. The van der Waals surface area contributed by atoms with E-state index in [1.165, 1.54) is 0 Å². The molecular weight excluding hydrogens is 200 g/mol. The lowest BCUT2D eigenvalue weighted by Crippen LogP contribution is -2.11. The number of carbonyl (C=O) groups is 1. The Morgan fingerprint density at radius 1 is 1.44 bits per heavy atom. The molecule has 0 N–H and O–H groups in total. The molecule has 0 aliphatic rings. The van der Waals surface area contributed by atoms with Crippen LogP contribution >= 0.6 is 0 Å². The van der Waals surface area contributed by atoms with E-state index in [-0.39, 0.29) is 0 Å². The predicted molar refractivity (Wildman–Crippen MR) is 65.4 cm³/mol. The van der Waals surface area contributed by atoms with Crippen LogP contribution in [0.3, 0.4) is 0 Å². The van der Waals surface area contributed by atoms with E-state index in [0.717, 1.165) is 24.4 Å². The molecule has 1 aromatic heterocycles. The van der Waals surface area contributed by atoms with Crippen LogP contribution in [0.1, 0.15) is 45.5 Å². The largest absolute Gasteiger partial charge is 0.299 e. The van der Waals surface area contributed by atoms with Crippen molar-refractivity contribution in [1.29, 1.82) is 0 Å². The van der Waals surface area contributed by atoms with Gasteiger partial charge in [-0.3, -0.25) is 9.48 Å². The molecule has 0 spiro atoms. The zero-order chi connectivity index (χ0) is 12.1. The van der Waals surface area contributed by atoms with Crippen molar-refractivity contribution in [2.24, 2.45) is 5.92 Å². The number of ketones is 1. The molecule has 3 heteroatoms. The Labute approximate surface area is 97.8 Å². The second kappa shape index (κ2) is 5.83. The molecule has 0 aliphatic carbocycles. The summed E-state index contributed by atoms with van der Waals surface area (Å²) in [5, 5.41) is 4.44. The van der Waals surface area contributed by atoms with Crippen molar-refractivity contribution in [1.82, 2.24) is 9.78 Å². The lowest BCUT2D eigenvalue weighted by molar-refractivity contribution is -0.119. The molecule has 90 valence electrons. The first-order valence-corrected chi connectivity index (χ1v) is 6.14. The Hall–Kier alpha value is -1.12. The zero-order valence-electron chi connectivity index (χ0n) is 10.8. The third-order valence-electron chi connectivity index (χ3n) is 2.59. The van der Waals surface area contributed by atoms with Crippen molar-refractivity contribution in [3.63, 3.8) is 0 Å². The summed E-state index contributed by atoms with van der Waals surface area (Å²) in [5.41, 5.74) is 2.14. The Bertz CT molecular complexity index is 353. The Morgan fingerprint density at radius 2 is 2.12 bits per heavy atom. The second-order valence-electron chi connectivity index (χ2n) is 4.61. The van der Waals surface area contributed by atoms with Gasteiger partial charge in [-0.05, 0) is 25.3 Å². The highest BCUT2D eigenvalue weighted by molar-refractivity contribution is 5.80. The number of Topliss-reactive ketones (excluding diaryl/α,β-unsaturated/α-hetero) is 1. The van der Waals surface area contributed by atoms with Crippen LogP contribution in [0.4, 0.5) is 0 Å². The van der Waals surface area contributed by atoms with Gasteiger partial charge in [-0.2, -0.15) is 5.10 Å². The zero-order valence-corrected chi connectivity index (χ0v) is 10.8. The molecule has 3 nitrogen and oxygen atoms in total. The average Bonchev–Trinajstić information content (AvgIpc) is 2.59.